The van der Waals surface area contributed by atoms with Crippen LogP contribution in [0.2, 0.25) is 0 Å². The molecule has 0 aliphatic heterocycles. The quantitative estimate of drug-likeness (QED) is 0.452. The van der Waals surface area contributed by atoms with E-state index in [2.05, 4.69) is 21.9 Å². The Morgan fingerprint density at radius 2 is 2.40 bits per heavy atom. The Labute approximate surface area is 120 Å². The molecular weight excluding hydrogens is 252 g/mol. The van der Waals surface area contributed by atoms with Crippen molar-refractivity contribution in [1.82, 2.24) is 10.3 Å². The smallest absolute Gasteiger partial charge is 0.213 e. The predicted molar refractivity (Wildman–Crippen MR) is 80.6 cm³/mol. The van der Waals surface area contributed by atoms with Gasteiger partial charge in [0, 0.05) is 18.8 Å². The molecule has 0 bridgehead atoms. The molecular formula is C15H22N4O. The maximum Gasteiger partial charge on any atom is 0.213 e. The summed E-state index contributed by atoms with van der Waals surface area (Å²) in [5, 5.41) is 3.00. The van der Waals surface area contributed by atoms with Gasteiger partial charge in [-0.3, -0.25) is 0 Å². The van der Waals surface area contributed by atoms with E-state index < -0.39 is 0 Å². The van der Waals surface area contributed by atoms with Gasteiger partial charge in [0.25, 0.3) is 0 Å². The zero-order valence-corrected chi connectivity index (χ0v) is 11.9. The number of aromatic nitrogens is 1. The van der Waals surface area contributed by atoms with E-state index in [1.54, 1.807) is 6.20 Å². The van der Waals surface area contributed by atoms with E-state index in [1.165, 1.54) is 12.8 Å². The van der Waals surface area contributed by atoms with Crippen LogP contribution in [0.1, 0.15) is 25.3 Å². The molecule has 0 aromatic carbocycles. The second kappa shape index (κ2) is 6.93. The third-order valence-corrected chi connectivity index (χ3v) is 2.97. The highest BCUT2D eigenvalue weighted by Crippen LogP contribution is 2.29. The molecule has 0 spiro atoms. The summed E-state index contributed by atoms with van der Waals surface area (Å²) >= 11 is 0. The minimum atomic E-state index is 0.422. The second-order valence-corrected chi connectivity index (χ2v) is 5.27. The fraction of sp³-hybridized carbons (Fsp3) is 0.467. The van der Waals surface area contributed by atoms with Gasteiger partial charge in [-0.15, -0.1) is 0 Å². The van der Waals surface area contributed by atoms with Crippen LogP contribution in [0.15, 0.2) is 35.5 Å². The van der Waals surface area contributed by atoms with Crippen LogP contribution in [0.4, 0.5) is 0 Å². The van der Waals surface area contributed by atoms with Gasteiger partial charge in [-0.1, -0.05) is 12.2 Å². The molecule has 0 saturated heterocycles. The molecule has 0 radical (unpaired) electrons. The zero-order valence-electron chi connectivity index (χ0n) is 11.9. The van der Waals surface area contributed by atoms with E-state index in [0.29, 0.717) is 24.9 Å². The fourth-order valence-electron chi connectivity index (χ4n) is 1.59. The van der Waals surface area contributed by atoms with E-state index >= 15 is 0 Å². The second-order valence-electron chi connectivity index (χ2n) is 5.27. The molecule has 1 heterocycles. The van der Waals surface area contributed by atoms with Gasteiger partial charge in [-0.05, 0) is 37.3 Å². The SMILES string of the molecule is C=C(C)CNC(N)=NCc1ccnc(OCC2CC2)c1. The molecule has 3 N–H and O–H groups in total. The lowest BCUT2D eigenvalue weighted by atomic mass is 10.3. The Kier molecular flexibility index (Phi) is 4.98. The minimum absolute atomic E-state index is 0.422. The molecule has 1 aliphatic carbocycles. The molecule has 0 atom stereocenters. The van der Waals surface area contributed by atoms with Crippen molar-refractivity contribution in [3.8, 4) is 5.88 Å². The van der Waals surface area contributed by atoms with Gasteiger partial charge in [0.05, 0.1) is 13.2 Å². The summed E-state index contributed by atoms with van der Waals surface area (Å²) in [6.07, 6.45) is 4.29. The Hall–Kier alpha value is -2.04. The first kappa shape index (κ1) is 14.4. The maximum absolute atomic E-state index is 5.77. The number of nitrogens with two attached hydrogens (primary N) is 1. The Morgan fingerprint density at radius 1 is 1.60 bits per heavy atom. The van der Waals surface area contributed by atoms with E-state index in [1.807, 2.05) is 19.1 Å². The van der Waals surface area contributed by atoms with Crippen molar-refractivity contribution in [2.75, 3.05) is 13.2 Å². The van der Waals surface area contributed by atoms with Crippen LogP contribution in [0.25, 0.3) is 0 Å². The van der Waals surface area contributed by atoms with Crippen LogP contribution in [-0.4, -0.2) is 24.1 Å². The number of nitrogens with zero attached hydrogens (tertiary/aromatic N) is 2. The average Bonchev–Trinajstić information content (AvgIpc) is 3.25. The third-order valence-electron chi connectivity index (χ3n) is 2.97. The van der Waals surface area contributed by atoms with Crippen molar-refractivity contribution in [2.45, 2.75) is 26.3 Å². The molecule has 20 heavy (non-hydrogen) atoms. The summed E-state index contributed by atoms with van der Waals surface area (Å²) in [6.45, 7) is 7.65. The standard InChI is InChI=1S/C15H22N4O/c1-11(2)8-18-15(16)19-9-13-5-6-17-14(7-13)20-10-12-3-4-12/h5-7,12H,1,3-4,8-10H2,2H3,(H3,16,18,19). The number of pyridine rings is 1. The Balaban J connectivity index is 1.83. The van der Waals surface area contributed by atoms with Gasteiger partial charge in [0.2, 0.25) is 5.88 Å². The van der Waals surface area contributed by atoms with Crippen molar-refractivity contribution in [3.63, 3.8) is 0 Å². The van der Waals surface area contributed by atoms with Gasteiger partial charge in [-0.25, -0.2) is 9.98 Å². The molecule has 5 nitrogen and oxygen atoms in total. The van der Waals surface area contributed by atoms with Crippen LogP contribution in [0, 0.1) is 5.92 Å². The number of guanidine groups is 1. The van der Waals surface area contributed by atoms with Gasteiger partial charge in [0.1, 0.15) is 0 Å². The van der Waals surface area contributed by atoms with Crippen molar-refractivity contribution >= 4 is 5.96 Å². The normalized spacial score (nSPS) is 14.9. The summed E-state index contributed by atoms with van der Waals surface area (Å²) in [5.41, 5.74) is 7.82. The number of aliphatic imine (C=N–C) groups is 1. The van der Waals surface area contributed by atoms with Gasteiger partial charge in [-0.2, -0.15) is 0 Å². The fourth-order valence-corrected chi connectivity index (χ4v) is 1.59. The lowest BCUT2D eigenvalue weighted by Crippen LogP contribution is -2.32. The van der Waals surface area contributed by atoms with Gasteiger partial charge in [0.15, 0.2) is 5.96 Å². The molecule has 2 rings (SSSR count). The molecule has 108 valence electrons. The number of hydrogen-bond acceptors (Lipinski definition) is 3. The summed E-state index contributed by atoms with van der Waals surface area (Å²) in [5.74, 6) is 1.81. The summed E-state index contributed by atoms with van der Waals surface area (Å²) in [7, 11) is 0. The first-order valence-corrected chi connectivity index (χ1v) is 6.89. The van der Waals surface area contributed by atoms with Crippen LogP contribution in [0.5, 0.6) is 5.88 Å². The molecule has 1 aromatic rings. The van der Waals surface area contributed by atoms with E-state index in [-0.39, 0.29) is 0 Å². The summed E-state index contributed by atoms with van der Waals surface area (Å²) in [4.78, 5) is 8.47. The zero-order chi connectivity index (χ0) is 14.4. The predicted octanol–water partition coefficient (Wildman–Crippen LogP) is 1.85. The third kappa shape index (κ3) is 5.30. The molecule has 0 amide bonds. The first-order valence-electron chi connectivity index (χ1n) is 6.89. The van der Waals surface area contributed by atoms with Crippen LogP contribution < -0.4 is 15.8 Å². The van der Waals surface area contributed by atoms with E-state index in [4.69, 9.17) is 10.5 Å². The minimum Gasteiger partial charge on any atom is -0.477 e. The van der Waals surface area contributed by atoms with Crippen LogP contribution in [0.3, 0.4) is 0 Å². The Morgan fingerprint density at radius 3 is 3.10 bits per heavy atom. The van der Waals surface area contributed by atoms with Crippen molar-refractivity contribution in [2.24, 2.45) is 16.6 Å². The molecule has 1 fully saturated rings. The molecule has 1 saturated carbocycles. The number of ether oxygens (including phenoxy) is 1. The molecule has 0 unspecified atom stereocenters. The monoisotopic (exact) mass is 274 g/mol. The molecule has 5 heteroatoms. The maximum atomic E-state index is 5.77. The Bertz CT molecular complexity index is 494. The molecule has 1 aliphatic rings. The van der Waals surface area contributed by atoms with Crippen molar-refractivity contribution in [3.05, 3.63) is 36.0 Å². The summed E-state index contributed by atoms with van der Waals surface area (Å²) < 4.78 is 5.64. The van der Waals surface area contributed by atoms with E-state index in [0.717, 1.165) is 23.7 Å². The van der Waals surface area contributed by atoms with E-state index in [9.17, 15) is 0 Å². The van der Waals surface area contributed by atoms with Crippen molar-refractivity contribution < 1.29 is 4.74 Å². The average molecular weight is 274 g/mol. The number of hydrogen-bond donors (Lipinski definition) is 2. The topological polar surface area (TPSA) is 72.5 Å². The first-order chi connectivity index (χ1) is 9.63. The van der Waals surface area contributed by atoms with Gasteiger partial charge < -0.3 is 15.8 Å². The van der Waals surface area contributed by atoms with Gasteiger partial charge >= 0.3 is 0 Å². The lowest BCUT2D eigenvalue weighted by molar-refractivity contribution is 0.288. The summed E-state index contributed by atoms with van der Waals surface area (Å²) in [6, 6.07) is 3.83. The van der Waals surface area contributed by atoms with Crippen LogP contribution >= 0.6 is 0 Å². The van der Waals surface area contributed by atoms with Crippen molar-refractivity contribution in [1.29, 1.82) is 0 Å². The molecule has 1 aromatic heterocycles. The lowest BCUT2D eigenvalue weighted by Gasteiger charge is -2.06. The largest absolute Gasteiger partial charge is 0.477 e. The highest BCUT2D eigenvalue weighted by Gasteiger charge is 2.22. The highest BCUT2D eigenvalue weighted by atomic mass is 16.5. The number of nitrogens with one attached hydrogen (secondary N) is 1. The van der Waals surface area contributed by atoms with Crippen LogP contribution in [-0.2, 0) is 6.54 Å². The highest BCUT2D eigenvalue weighted by molar-refractivity contribution is 5.78. The number of rotatable bonds is 7.